The van der Waals surface area contributed by atoms with Gasteiger partial charge < -0.3 is 19.5 Å². The Morgan fingerprint density at radius 1 is 1.15 bits per heavy atom. The molecule has 2 N–H and O–H groups in total. The average molecular weight is 352 g/mol. The Bertz CT molecular complexity index is 1020. The lowest BCUT2D eigenvalue weighted by molar-refractivity contribution is -0.146. The van der Waals surface area contributed by atoms with E-state index in [1.54, 1.807) is 23.8 Å². The van der Waals surface area contributed by atoms with Gasteiger partial charge in [0.15, 0.2) is 11.6 Å². The highest BCUT2D eigenvalue weighted by atomic mass is 16.5. The third-order valence-corrected chi connectivity index (χ3v) is 3.84. The summed E-state index contributed by atoms with van der Waals surface area (Å²) in [5, 5.41) is 19.0. The van der Waals surface area contributed by atoms with Gasteiger partial charge in [0.1, 0.15) is 5.75 Å². The van der Waals surface area contributed by atoms with E-state index in [9.17, 15) is 14.7 Å². The number of nitrogens with zero attached hydrogens (tertiary/aromatic N) is 2. The number of benzene rings is 2. The predicted octanol–water partition coefficient (Wildman–Crippen LogP) is 2.65. The summed E-state index contributed by atoms with van der Waals surface area (Å²) in [6, 6.07) is 14.6. The highest BCUT2D eigenvalue weighted by molar-refractivity contribution is 6.38. The normalized spacial score (nSPS) is 11.5. The summed E-state index contributed by atoms with van der Waals surface area (Å²) in [6.45, 7) is 0.353. The maximum Gasteiger partial charge on any atom is 0.376 e. The minimum atomic E-state index is -1.65. The summed E-state index contributed by atoms with van der Waals surface area (Å²) in [5.74, 6) is -2.57. The smallest absolute Gasteiger partial charge is 0.376 e. The molecule has 0 radical (unpaired) electrons. The SMILES string of the molecule is COc1cccc(Cn2c(/C(O)=C/C(=O)C(=O)O)nc3ccccc32)c1. The fourth-order valence-electron chi connectivity index (χ4n) is 2.63. The van der Waals surface area contributed by atoms with Gasteiger partial charge in [0, 0.05) is 12.6 Å². The van der Waals surface area contributed by atoms with E-state index < -0.39 is 17.5 Å². The number of carboxylic acids is 1. The van der Waals surface area contributed by atoms with E-state index in [1.165, 1.54) is 0 Å². The van der Waals surface area contributed by atoms with E-state index in [2.05, 4.69) is 4.98 Å². The molecular weight excluding hydrogens is 336 g/mol. The summed E-state index contributed by atoms with van der Waals surface area (Å²) < 4.78 is 6.94. The number of aromatic nitrogens is 2. The number of rotatable bonds is 6. The molecule has 26 heavy (non-hydrogen) atoms. The van der Waals surface area contributed by atoms with Crippen LogP contribution < -0.4 is 4.74 Å². The number of ether oxygens (including phenoxy) is 1. The first-order chi connectivity index (χ1) is 12.5. The van der Waals surface area contributed by atoms with E-state index >= 15 is 0 Å². The van der Waals surface area contributed by atoms with E-state index in [0.717, 1.165) is 11.1 Å². The molecule has 3 rings (SSSR count). The number of aliphatic hydroxyl groups is 1. The molecule has 0 fully saturated rings. The van der Waals surface area contributed by atoms with Gasteiger partial charge in [0.05, 0.1) is 18.1 Å². The molecule has 0 aliphatic rings. The Balaban J connectivity index is 2.10. The zero-order valence-electron chi connectivity index (χ0n) is 13.9. The van der Waals surface area contributed by atoms with E-state index in [-0.39, 0.29) is 5.82 Å². The van der Waals surface area contributed by atoms with Crippen molar-refractivity contribution in [3.05, 3.63) is 66.0 Å². The first-order valence-corrected chi connectivity index (χ1v) is 7.76. The number of carbonyl (C=O) groups excluding carboxylic acids is 1. The summed E-state index contributed by atoms with van der Waals surface area (Å²) >= 11 is 0. The van der Waals surface area contributed by atoms with Crippen LogP contribution in [0, 0.1) is 0 Å². The van der Waals surface area contributed by atoms with Crippen molar-refractivity contribution in [2.75, 3.05) is 7.11 Å². The number of methoxy groups -OCH3 is 1. The zero-order chi connectivity index (χ0) is 18.7. The number of carbonyl (C=O) groups is 2. The van der Waals surface area contributed by atoms with E-state index in [0.29, 0.717) is 23.9 Å². The molecule has 0 bridgehead atoms. The fraction of sp³-hybridized carbons (Fsp3) is 0.105. The molecule has 0 aliphatic heterocycles. The molecule has 0 aliphatic carbocycles. The first-order valence-electron chi connectivity index (χ1n) is 7.76. The van der Waals surface area contributed by atoms with E-state index in [1.807, 2.05) is 36.4 Å². The predicted molar refractivity (Wildman–Crippen MR) is 95.1 cm³/mol. The van der Waals surface area contributed by atoms with Gasteiger partial charge in [0.2, 0.25) is 0 Å². The highest BCUT2D eigenvalue weighted by Gasteiger charge is 2.17. The second-order valence-corrected chi connectivity index (χ2v) is 5.56. The fourth-order valence-corrected chi connectivity index (χ4v) is 2.63. The van der Waals surface area contributed by atoms with Crippen molar-refractivity contribution in [2.45, 2.75) is 6.54 Å². The lowest BCUT2D eigenvalue weighted by atomic mass is 10.2. The van der Waals surface area contributed by atoms with Crippen LogP contribution in [0.25, 0.3) is 16.8 Å². The molecule has 0 saturated carbocycles. The summed E-state index contributed by atoms with van der Waals surface area (Å²) in [4.78, 5) is 26.5. The molecule has 0 saturated heterocycles. The molecule has 7 heteroatoms. The van der Waals surface area contributed by atoms with Gasteiger partial charge in [-0.2, -0.15) is 0 Å². The second-order valence-electron chi connectivity index (χ2n) is 5.56. The maximum atomic E-state index is 11.4. The van der Waals surface area contributed by atoms with Gasteiger partial charge in [-0.1, -0.05) is 24.3 Å². The number of imidazole rings is 1. The largest absolute Gasteiger partial charge is 0.504 e. The quantitative estimate of drug-likeness (QED) is 0.402. The third-order valence-electron chi connectivity index (χ3n) is 3.84. The van der Waals surface area contributed by atoms with Gasteiger partial charge >= 0.3 is 5.97 Å². The number of hydrogen-bond donors (Lipinski definition) is 2. The molecule has 3 aromatic rings. The standard InChI is InChI=1S/C19H16N2O5/c1-26-13-6-4-5-12(9-13)11-21-15-8-3-2-7-14(15)20-18(21)16(22)10-17(23)19(24)25/h2-10,22H,11H2,1H3,(H,24,25)/b16-10-. The van der Waals surface area contributed by atoms with Crippen LogP contribution in [0.1, 0.15) is 11.4 Å². The number of ketones is 1. The van der Waals surface area contributed by atoms with Crippen molar-refractivity contribution >= 4 is 28.5 Å². The van der Waals surface area contributed by atoms with Crippen LogP contribution >= 0.6 is 0 Å². The highest BCUT2D eigenvalue weighted by Crippen LogP contribution is 2.23. The van der Waals surface area contributed by atoms with Crippen LogP contribution in [0.3, 0.4) is 0 Å². The summed E-state index contributed by atoms with van der Waals surface area (Å²) in [5.41, 5.74) is 2.26. The molecule has 0 amide bonds. The molecule has 7 nitrogen and oxygen atoms in total. The topological polar surface area (TPSA) is 102 Å². The van der Waals surface area contributed by atoms with Gasteiger partial charge in [-0.05, 0) is 29.8 Å². The third kappa shape index (κ3) is 3.41. The Morgan fingerprint density at radius 3 is 2.65 bits per heavy atom. The molecule has 2 aromatic carbocycles. The van der Waals surface area contributed by atoms with Gasteiger partial charge in [0.25, 0.3) is 5.78 Å². The van der Waals surface area contributed by atoms with Crippen LogP contribution in [-0.2, 0) is 16.1 Å². The van der Waals surface area contributed by atoms with Crippen molar-refractivity contribution in [1.82, 2.24) is 9.55 Å². The average Bonchev–Trinajstić information content (AvgIpc) is 3.00. The number of aliphatic carboxylic acids is 1. The van der Waals surface area contributed by atoms with Gasteiger partial charge in [-0.25, -0.2) is 9.78 Å². The lowest BCUT2D eigenvalue weighted by Gasteiger charge is -2.10. The number of para-hydroxylation sites is 2. The summed E-state index contributed by atoms with van der Waals surface area (Å²) in [6.07, 6.45) is 0.658. The van der Waals surface area contributed by atoms with Crippen LogP contribution in [0.2, 0.25) is 0 Å². The maximum absolute atomic E-state index is 11.4. The van der Waals surface area contributed by atoms with Crippen molar-refractivity contribution in [3.8, 4) is 5.75 Å². The van der Waals surface area contributed by atoms with Crippen molar-refractivity contribution < 1.29 is 24.5 Å². The minimum Gasteiger partial charge on any atom is -0.504 e. The zero-order valence-corrected chi connectivity index (χ0v) is 13.9. The second kappa shape index (κ2) is 7.10. The Labute approximate surface area is 148 Å². The van der Waals surface area contributed by atoms with E-state index in [4.69, 9.17) is 9.84 Å². The lowest BCUT2D eigenvalue weighted by Crippen LogP contribution is -2.11. The van der Waals surface area contributed by atoms with Crippen LogP contribution in [0.5, 0.6) is 5.75 Å². The van der Waals surface area contributed by atoms with Crippen molar-refractivity contribution in [3.63, 3.8) is 0 Å². The Kier molecular flexibility index (Phi) is 4.70. The monoisotopic (exact) mass is 352 g/mol. The molecule has 1 aromatic heterocycles. The molecule has 0 spiro atoms. The molecular formula is C19H16N2O5. The first kappa shape index (κ1) is 17.2. The molecule has 0 atom stereocenters. The molecule has 1 heterocycles. The van der Waals surface area contributed by atoms with Crippen LogP contribution in [0.15, 0.2) is 54.6 Å². The Morgan fingerprint density at radius 2 is 1.92 bits per heavy atom. The Hall–Kier alpha value is -3.61. The van der Waals surface area contributed by atoms with Crippen LogP contribution in [-0.4, -0.2) is 38.6 Å². The molecule has 132 valence electrons. The van der Waals surface area contributed by atoms with Gasteiger partial charge in [-0.3, -0.25) is 4.79 Å². The van der Waals surface area contributed by atoms with Crippen molar-refractivity contribution in [1.29, 1.82) is 0 Å². The number of fused-ring (bicyclic) bond motifs is 1. The summed E-state index contributed by atoms with van der Waals surface area (Å²) in [7, 11) is 1.57. The molecule has 0 unspecified atom stereocenters. The number of carboxylic acid groups (broad SMARTS) is 1. The number of aliphatic hydroxyl groups excluding tert-OH is 1. The number of hydrogen-bond acceptors (Lipinski definition) is 5. The van der Waals surface area contributed by atoms with Crippen molar-refractivity contribution in [2.24, 2.45) is 0 Å². The minimum absolute atomic E-state index is 0.114. The van der Waals surface area contributed by atoms with Crippen LogP contribution in [0.4, 0.5) is 0 Å². The van der Waals surface area contributed by atoms with Gasteiger partial charge in [-0.15, -0.1) is 0 Å².